The Labute approximate surface area is 105 Å². The molecule has 0 saturated heterocycles. The molecule has 2 heterocycles. The molecule has 1 aliphatic carbocycles. The predicted octanol–water partition coefficient (Wildman–Crippen LogP) is 0.488. The minimum absolute atomic E-state index is 0.359. The van der Waals surface area contributed by atoms with Crippen LogP contribution < -0.4 is 4.57 Å². The van der Waals surface area contributed by atoms with Crippen LogP contribution in [0.15, 0.2) is 36.7 Å². The van der Waals surface area contributed by atoms with E-state index in [2.05, 4.69) is 0 Å². The third kappa shape index (κ3) is 1.29. The van der Waals surface area contributed by atoms with Crippen LogP contribution in [0.5, 0.6) is 0 Å². The maximum absolute atomic E-state index is 12.2. The summed E-state index contributed by atoms with van der Waals surface area (Å²) in [4.78, 5) is 26.2. The third-order valence-electron chi connectivity index (χ3n) is 3.48. The Morgan fingerprint density at radius 3 is 2.89 bits per heavy atom. The normalized spacial score (nSPS) is 21.6. The zero-order valence-electron chi connectivity index (χ0n) is 10.3. The number of pyridine rings is 1. The molecule has 3 rings (SSSR count). The molecule has 2 aliphatic rings. The van der Waals surface area contributed by atoms with E-state index < -0.39 is 11.8 Å². The molecule has 1 aliphatic heterocycles. The fraction of sp³-hybridized carbons (Fsp3) is 0.214. The number of rotatable bonds is 0. The highest BCUT2D eigenvalue weighted by Crippen LogP contribution is 2.32. The zero-order valence-corrected chi connectivity index (χ0v) is 10.3. The average molecular weight is 241 g/mol. The summed E-state index contributed by atoms with van der Waals surface area (Å²) in [5.74, 6) is -0.764. The summed E-state index contributed by atoms with van der Waals surface area (Å²) < 4.78 is 1.71. The summed E-state index contributed by atoms with van der Waals surface area (Å²) in [6.07, 6.45) is 7.40. The summed E-state index contributed by atoms with van der Waals surface area (Å²) in [6.45, 7) is 0. The second-order valence-electron chi connectivity index (χ2n) is 4.61. The van der Waals surface area contributed by atoms with Crippen LogP contribution in [0, 0.1) is 0 Å². The molecule has 0 fully saturated rings. The SMILES string of the molecule is CN1C=CC=C2c3ccc[n+](C)c3C(=O)C(=O)C21. The van der Waals surface area contributed by atoms with Crippen molar-refractivity contribution in [3.8, 4) is 0 Å². The monoisotopic (exact) mass is 241 g/mol. The molecular formula is C14H13N2O2+. The fourth-order valence-electron chi connectivity index (χ4n) is 2.61. The number of Topliss-reactive ketones (excluding diaryl/α,β-unsaturated/α-hetero) is 2. The number of aromatic nitrogens is 1. The lowest BCUT2D eigenvalue weighted by Crippen LogP contribution is -2.50. The second-order valence-corrected chi connectivity index (χ2v) is 4.61. The first-order valence-electron chi connectivity index (χ1n) is 5.79. The lowest BCUT2D eigenvalue weighted by Gasteiger charge is -2.32. The number of hydrogen-bond acceptors (Lipinski definition) is 3. The maximum Gasteiger partial charge on any atom is 0.295 e. The van der Waals surface area contributed by atoms with Crippen LogP contribution in [0.4, 0.5) is 0 Å². The standard InChI is InChI=1S/C14H13N2O2/c1-15-7-3-5-9-10-6-4-8-16(2)12(10)14(18)13(17)11(9)15/h3-8,11H,1-2H3/q+1. The number of likely N-dealkylation sites (N-methyl/N-ethyl adjacent to an activating group) is 1. The van der Waals surface area contributed by atoms with Crippen molar-refractivity contribution in [2.75, 3.05) is 7.05 Å². The van der Waals surface area contributed by atoms with Gasteiger partial charge in [-0.3, -0.25) is 9.59 Å². The lowest BCUT2D eigenvalue weighted by molar-refractivity contribution is -0.673. The molecule has 0 aromatic carbocycles. The number of carbonyl (C=O) groups is 2. The van der Waals surface area contributed by atoms with Crippen LogP contribution in [-0.2, 0) is 11.8 Å². The average Bonchev–Trinajstić information content (AvgIpc) is 2.35. The molecule has 1 aromatic rings. The molecule has 4 heteroatoms. The molecule has 0 spiro atoms. The number of allylic oxidation sites excluding steroid dienone is 2. The van der Waals surface area contributed by atoms with Crippen molar-refractivity contribution in [3.05, 3.63) is 47.9 Å². The van der Waals surface area contributed by atoms with Gasteiger partial charge in [0.15, 0.2) is 6.20 Å². The molecular weight excluding hydrogens is 228 g/mol. The number of carbonyl (C=O) groups excluding carboxylic acids is 2. The van der Waals surface area contributed by atoms with Crippen LogP contribution in [0.2, 0.25) is 0 Å². The van der Waals surface area contributed by atoms with Gasteiger partial charge < -0.3 is 4.90 Å². The van der Waals surface area contributed by atoms with Crippen LogP contribution in [-0.4, -0.2) is 29.6 Å². The minimum atomic E-state index is -0.475. The summed E-state index contributed by atoms with van der Waals surface area (Å²) in [6, 6.07) is 3.31. The molecule has 0 N–H and O–H groups in total. The van der Waals surface area contributed by atoms with Gasteiger partial charge in [0.1, 0.15) is 13.1 Å². The van der Waals surface area contributed by atoms with Gasteiger partial charge in [-0.2, -0.15) is 4.57 Å². The van der Waals surface area contributed by atoms with Crippen molar-refractivity contribution in [3.63, 3.8) is 0 Å². The Morgan fingerprint density at radius 2 is 2.11 bits per heavy atom. The zero-order chi connectivity index (χ0) is 12.9. The summed E-state index contributed by atoms with van der Waals surface area (Å²) >= 11 is 0. The van der Waals surface area contributed by atoms with Crippen molar-refractivity contribution in [1.29, 1.82) is 0 Å². The summed E-state index contributed by atoms with van der Waals surface area (Å²) in [5.41, 5.74) is 2.23. The molecule has 0 saturated carbocycles. The largest absolute Gasteiger partial charge is 0.366 e. The molecule has 90 valence electrons. The van der Waals surface area contributed by atoms with E-state index in [0.29, 0.717) is 5.69 Å². The fourth-order valence-corrected chi connectivity index (χ4v) is 2.61. The van der Waals surface area contributed by atoms with Gasteiger partial charge in [0.25, 0.3) is 11.5 Å². The van der Waals surface area contributed by atoms with Crippen LogP contribution >= 0.6 is 0 Å². The molecule has 0 amide bonds. The quantitative estimate of drug-likeness (QED) is 0.490. The number of hydrogen-bond donors (Lipinski definition) is 0. The van der Waals surface area contributed by atoms with E-state index >= 15 is 0 Å². The summed E-state index contributed by atoms with van der Waals surface area (Å²) in [7, 11) is 3.60. The second kappa shape index (κ2) is 3.63. The van der Waals surface area contributed by atoms with Gasteiger partial charge in [-0.1, -0.05) is 6.08 Å². The Balaban J connectivity index is 2.31. The first kappa shape index (κ1) is 10.9. The molecule has 0 bridgehead atoms. The number of aryl methyl sites for hydroxylation is 1. The molecule has 1 unspecified atom stereocenters. The van der Waals surface area contributed by atoms with Crippen molar-refractivity contribution in [1.82, 2.24) is 4.90 Å². The van der Waals surface area contributed by atoms with Gasteiger partial charge in [0.05, 0.1) is 5.56 Å². The number of fused-ring (bicyclic) bond motifs is 3. The minimum Gasteiger partial charge on any atom is -0.366 e. The Bertz CT molecular complexity index is 629. The first-order chi connectivity index (χ1) is 8.61. The first-order valence-corrected chi connectivity index (χ1v) is 5.79. The van der Waals surface area contributed by atoms with Crippen LogP contribution in [0.25, 0.3) is 5.57 Å². The Hall–Kier alpha value is -2.23. The smallest absolute Gasteiger partial charge is 0.295 e. The van der Waals surface area contributed by atoms with Gasteiger partial charge in [0.2, 0.25) is 5.78 Å². The number of ketones is 2. The van der Waals surface area contributed by atoms with E-state index in [1.165, 1.54) is 0 Å². The topological polar surface area (TPSA) is 41.3 Å². The van der Waals surface area contributed by atoms with Gasteiger partial charge in [0, 0.05) is 13.1 Å². The number of nitrogens with zero attached hydrogens (tertiary/aromatic N) is 2. The Kier molecular flexibility index (Phi) is 2.20. The highest BCUT2D eigenvalue weighted by molar-refractivity contribution is 6.49. The van der Waals surface area contributed by atoms with E-state index in [0.717, 1.165) is 11.1 Å². The predicted molar refractivity (Wildman–Crippen MR) is 65.6 cm³/mol. The van der Waals surface area contributed by atoms with Gasteiger partial charge in [-0.05, 0) is 23.9 Å². The van der Waals surface area contributed by atoms with Gasteiger partial charge >= 0.3 is 0 Å². The summed E-state index contributed by atoms with van der Waals surface area (Å²) in [5, 5.41) is 0. The van der Waals surface area contributed by atoms with E-state index in [1.807, 2.05) is 37.5 Å². The van der Waals surface area contributed by atoms with E-state index in [-0.39, 0.29) is 5.78 Å². The molecule has 0 radical (unpaired) electrons. The molecule has 4 nitrogen and oxygen atoms in total. The van der Waals surface area contributed by atoms with Crippen molar-refractivity contribution >= 4 is 17.1 Å². The van der Waals surface area contributed by atoms with E-state index in [1.54, 1.807) is 22.7 Å². The maximum atomic E-state index is 12.2. The van der Waals surface area contributed by atoms with E-state index in [4.69, 9.17) is 0 Å². The highest BCUT2D eigenvalue weighted by atomic mass is 16.2. The molecule has 1 atom stereocenters. The van der Waals surface area contributed by atoms with Crippen LogP contribution in [0.3, 0.4) is 0 Å². The van der Waals surface area contributed by atoms with Gasteiger partial charge in [-0.25, -0.2) is 0 Å². The molecule has 1 aromatic heterocycles. The highest BCUT2D eigenvalue weighted by Gasteiger charge is 2.44. The van der Waals surface area contributed by atoms with Crippen molar-refractivity contribution in [2.24, 2.45) is 7.05 Å². The lowest BCUT2D eigenvalue weighted by atomic mass is 9.82. The van der Waals surface area contributed by atoms with Crippen molar-refractivity contribution in [2.45, 2.75) is 6.04 Å². The van der Waals surface area contributed by atoms with Gasteiger partial charge in [-0.15, -0.1) is 0 Å². The Morgan fingerprint density at radius 1 is 1.33 bits per heavy atom. The van der Waals surface area contributed by atoms with E-state index in [9.17, 15) is 9.59 Å². The van der Waals surface area contributed by atoms with Crippen molar-refractivity contribution < 1.29 is 14.2 Å². The third-order valence-corrected chi connectivity index (χ3v) is 3.48. The van der Waals surface area contributed by atoms with Crippen LogP contribution in [0.1, 0.15) is 16.1 Å². The molecule has 18 heavy (non-hydrogen) atoms.